The quantitative estimate of drug-likeness (QED) is 0.157. The van der Waals surface area contributed by atoms with Gasteiger partial charge in [-0.05, 0) is 32.1 Å². The first-order valence-corrected chi connectivity index (χ1v) is 12.5. The van der Waals surface area contributed by atoms with Gasteiger partial charge in [0.15, 0.2) is 0 Å². The van der Waals surface area contributed by atoms with Crippen LogP contribution in [-0.4, -0.2) is 123 Å². The van der Waals surface area contributed by atoms with Gasteiger partial charge in [-0.1, -0.05) is 13.8 Å². The van der Waals surface area contributed by atoms with E-state index in [-0.39, 0.29) is 67.9 Å². The van der Waals surface area contributed by atoms with Crippen molar-refractivity contribution in [3.05, 3.63) is 0 Å². The molecule has 0 N–H and O–H groups in total. The van der Waals surface area contributed by atoms with Crippen LogP contribution in [0.25, 0.3) is 0 Å². The number of rotatable bonds is 10. The summed E-state index contributed by atoms with van der Waals surface area (Å²) in [7, 11) is 0. The monoisotopic (exact) mass is 696 g/mol. The van der Waals surface area contributed by atoms with Crippen molar-refractivity contribution in [1.82, 2.24) is 0 Å². The van der Waals surface area contributed by atoms with Gasteiger partial charge in [0.25, 0.3) is 0 Å². The lowest BCUT2D eigenvalue weighted by Crippen LogP contribution is -3.00. The molecule has 0 atom stereocenters. The molecule has 4 nitrogen and oxygen atoms in total. The molecule has 0 spiro atoms. The van der Waals surface area contributed by atoms with Crippen LogP contribution in [0.2, 0.25) is 0 Å². The molecule has 4 bridgehead atoms. The molecule has 6 fully saturated rings. The van der Waals surface area contributed by atoms with E-state index >= 15 is 0 Å². The standard InChI is InChI=1S/C23H48N4.4BrH/c1-3-8-24-12-18-26(19-13-24,20-14-24)10-6-5-7-11-27-21-15-25(9-4-2,16-22-27)17-23-27;;;;/h3-23H2,1-2H3;4*1H/q+4;;;;/p-4. The number of halogens is 4. The van der Waals surface area contributed by atoms with E-state index in [9.17, 15) is 0 Å². The fourth-order valence-corrected chi connectivity index (χ4v) is 7.25. The van der Waals surface area contributed by atoms with E-state index in [0.29, 0.717) is 0 Å². The van der Waals surface area contributed by atoms with Crippen LogP contribution in [-0.2, 0) is 0 Å². The topological polar surface area (TPSA) is 0 Å². The van der Waals surface area contributed by atoms with Crippen LogP contribution < -0.4 is 67.9 Å². The van der Waals surface area contributed by atoms with Crippen LogP contribution >= 0.6 is 0 Å². The highest BCUT2D eigenvalue weighted by Crippen LogP contribution is 2.29. The van der Waals surface area contributed by atoms with E-state index in [4.69, 9.17) is 0 Å². The molecule has 188 valence electrons. The van der Waals surface area contributed by atoms with E-state index in [1.807, 2.05) is 0 Å². The first kappa shape index (κ1) is 32.8. The molecular weight excluding hydrogens is 652 g/mol. The molecule has 6 saturated heterocycles. The summed E-state index contributed by atoms with van der Waals surface area (Å²) in [5, 5.41) is 0. The summed E-state index contributed by atoms with van der Waals surface area (Å²) in [6.07, 6.45) is 7.22. The Morgan fingerprint density at radius 3 is 0.806 bits per heavy atom. The summed E-state index contributed by atoms with van der Waals surface area (Å²) < 4.78 is 5.91. The minimum absolute atomic E-state index is 0. The zero-order valence-electron chi connectivity index (χ0n) is 20.1. The lowest BCUT2D eigenvalue weighted by atomic mass is 10.0. The van der Waals surface area contributed by atoms with Crippen molar-refractivity contribution in [3.8, 4) is 0 Å². The number of piperazine rings is 6. The molecule has 0 aromatic heterocycles. The summed E-state index contributed by atoms with van der Waals surface area (Å²) in [6.45, 7) is 28.4. The van der Waals surface area contributed by atoms with Crippen LogP contribution in [0.15, 0.2) is 0 Å². The second-order valence-electron chi connectivity index (χ2n) is 11.0. The van der Waals surface area contributed by atoms with Gasteiger partial charge in [-0.25, -0.2) is 0 Å². The third-order valence-corrected chi connectivity index (χ3v) is 9.45. The Labute approximate surface area is 235 Å². The van der Waals surface area contributed by atoms with Gasteiger partial charge in [-0.15, -0.1) is 0 Å². The fourth-order valence-electron chi connectivity index (χ4n) is 7.25. The highest BCUT2D eigenvalue weighted by atomic mass is 79.9. The van der Waals surface area contributed by atoms with E-state index in [1.54, 1.807) is 0 Å². The Morgan fingerprint density at radius 1 is 0.355 bits per heavy atom. The summed E-state index contributed by atoms with van der Waals surface area (Å²) in [5.74, 6) is 0. The molecule has 0 radical (unpaired) electrons. The molecule has 6 heterocycles. The Hall–Kier alpha value is 1.76. The van der Waals surface area contributed by atoms with E-state index in [1.165, 1.54) is 155 Å². The Balaban J connectivity index is 0.00000225. The van der Waals surface area contributed by atoms with Crippen LogP contribution in [0.5, 0.6) is 0 Å². The van der Waals surface area contributed by atoms with Gasteiger partial charge in [0.2, 0.25) is 0 Å². The second-order valence-corrected chi connectivity index (χ2v) is 11.0. The van der Waals surface area contributed by atoms with E-state index in [0.717, 1.165) is 0 Å². The molecule has 0 saturated carbocycles. The smallest absolute Gasteiger partial charge is 0.129 e. The predicted octanol–water partition coefficient (Wildman–Crippen LogP) is -9.69. The van der Waals surface area contributed by atoms with Crippen LogP contribution in [0.3, 0.4) is 0 Å². The molecule has 0 aromatic rings. The number of fused-ring (bicyclic) bond motifs is 6. The Morgan fingerprint density at radius 2 is 0.581 bits per heavy atom. The summed E-state index contributed by atoms with van der Waals surface area (Å²) >= 11 is 0. The minimum atomic E-state index is 0. The maximum atomic E-state index is 2.37. The molecule has 0 aliphatic carbocycles. The normalized spacial score (nSPS) is 37.7. The summed E-state index contributed by atoms with van der Waals surface area (Å²) in [4.78, 5) is 0. The average Bonchev–Trinajstić information content (AvgIpc) is 2.71. The maximum Gasteiger partial charge on any atom is 0.129 e. The van der Waals surface area contributed by atoms with Gasteiger partial charge in [0, 0.05) is 0 Å². The molecule has 8 heteroatoms. The van der Waals surface area contributed by atoms with Crippen molar-refractivity contribution in [3.63, 3.8) is 0 Å². The van der Waals surface area contributed by atoms with Gasteiger partial charge in [-0.2, -0.15) is 0 Å². The predicted molar refractivity (Wildman–Crippen MR) is 113 cm³/mol. The van der Waals surface area contributed by atoms with Gasteiger partial charge in [0.1, 0.15) is 78.5 Å². The molecule has 31 heavy (non-hydrogen) atoms. The van der Waals surface area contributed by atoms with Crippen molar-refractivity contribution in [2.75, 3.05) is 105 Å². The molecule has 0 aromatic carbocycles. The number of hydrogen-bond acceptors (Lipinski definition) is 0. The zero-order valence-corrected chi connectivity index (χ0v) is 26.5. The van der Waals surface area contributed by atoms with Crippen molar-refractivity contribution in [2.45, 2.75) is 46.0 Å². The van der Waals surface area contributed by atoms with Gasteiger partial charge in [0.05, 0.1) is 26.2 Å². The number of nitrogens with zero attached hydrogens (tertiary/aromatic N) is 4. The lowest BCUT2D eigenvalue weighted by Gasteiger charge is -2.56. The summed E-state index contributed by atoms with van der Waals surface area (Å²) in [6, 6.07) is 0. The number of quaternary nitrogens is 4. The first-order chi connectivity index (χ1) is 13.1. The van der Waals surface area contributed by atoms with E-state index in [2.05, 4.69) is 13.8 Å². The average molecular weight is 700 g/mol. The highest BCUT2D eigenvalue weighted by molar-refractivity contribution is 4.64. The zero-order chi connectivity index (χ0) is 18.8. The van der Waals surface area contributed by atoms with Crippen molar-refractivity contribution in [1.29, 1.82) is 0 Å². The first-order valence-electron chi connectivity index (χ1n) is 12.5. The van der Waals surface area contributed by atoms with Gasteiger partial charge in [-0.3, -0.25) is 0 Å². The van der Waals surface area contributed by atoms with Crippen LogP contribution in [0.1, 0.15) is 46.0 Å². The van der Waals surface area contributed by atoms with Crippen molar-refractivity contribution < 1.29 is 85.9 Å². The largest absolute Gasteiger partial charge is 1.00 e. The summed E-state index contributed by atoms with van der Waals surface area (Å²) in [5.41, 5.74) is 0. The fraction of sp³-hybridized carbons (Fsp3) is 1.00. The minimum Gasteiger partial charge on any atom is -1.00 e. The number of unbranched alkanes of at least 4 members (excludes halogenated alkanes) is 2. The maximum absolute atomic E-state index is 2.37. The van der Waals surface area contributed by atoms with Gasteiger partial charge < -0.3 is 85.9 Å². The van der Waals surface area contributed by atoms with Gasteiger partial charge >= 0.3 is 0 Å². The third-order valence-electron chi connectivity index (χ3n) is 9.45. The van der Waals surface area contributed by atoms with E-state index < -0.39 is 0 Å². The molecule has 6 rings (SSSR count). The highest BCUT2D eigenvalue weighted by Gasteiger charge is 2.49. The molecule has 0 amide bonds. The van der Waals surface area contributed by atoms with Crippen LogP contribution in [0.4, 0.5) is 0 Å². The molecular formula is C23H48Br4N4. The molecule has 6 aliphatic heterocycles. The Kier molecular flexibility index (Phi) is 14.5. The Bertz CT molecular complexity index is 427. The third kappa shape index (κ3) is 7.37. The second kappa shape index (κ2) is 13.7. The van der Waals surface area contributed by atoms with Crippen molar-refractivity contribution in [2.24, 2.45) is 0 Å². The van der Waals surface area contributed by atoms with Crippen molar-refractivity contribution >= 4 is 0 Å². The SMILES string of the molecule is CCC[N+]12CC[N+](CCCCC[N+]34CC[N+](CCC)(CC3)CC4)(CC1)CC2.[Br-].[Br-].[Br-].[Br-]. The lowest BCUT2D eigenvalue weighted by molar-refractivity contribution is -1.08. The molecule has 0 unspecified atom stereocenters. The van der Waals surface area contributed by atoms with Crippen LogP contribution in [0, 0.1) is 0 Å². The molecule has 6 aliphatic rings. The number of hydrogen-bond donors (Lipinski definition) is 0.